The van der Waals surface area contributed by atoms with Crippen molar-refractivity contribution in [1.82, 2.24) is 9.78 Å². The number of amides is 1. The third-order valence-corrected chi connectivity index (χ3v) is 6.48. The number of anilines is 1. The lowest BCUT2D eigenvalue weighted by Crippen LogP contribution is -2.15. The lowest BCUT2D eigenvalue weighted by Gasteiger charge is -2.11. The summed E-state index contributed by atoms with van der Waals surface area (Å²) in [6.45, 7) is 1.69. The molecule has 140 valence electrons. The van der Waals surface area contributed by atoms with Gasteiger partial charge in [0, 0.05) is 6.92 Å². The molecule has 1 N–H and O–H groups in total. The van der Waals surface area contributed by atoms with Crippen LogP contribution in [0.3, 0.4) is 0 Å². The van der Waals surface area contributed by atoms with Crippen molar-refractivity contribution in [3.63, 3.8) is 0 Å². The number of aromatic nitrogens is 2. The molecule has 1 heterocycles. The fourth-order valence-electron chi connectivity index (χ4n) is 2.68. The fraction of sp³-hybridized carbons (Fsp3) is 0.158. The number of sulfone groups is 1. The second kappa shape index (κ2) is 7.98. The van der Waals surface area contributed by atoms with Crippen LogP contribution in [-0.4, -0.2) is 30.4 Å². The maximum atomic E-state index is 13.3. The molecule has 0 aliphatic heterocycles. The van der Waals surface area contributed by atoms with E-state index in [2.05, 4.69) is 10.4 Å². The summed E-state index contributed by atoms with van der Waals surface area (Å²) in [4.78, 5) is 12.0. The third-order valence-electron chi connectivity index (χ3n) is 3.86. The molecule has 0 unspecified atom stereocenters. The molecule has 0 aliphatic rings. The van der Waals surface area contributed by atoms with Crippen LogP contribution < -0.4 is 5.32 Å². The standard InChI is InChI=1S/C19H19N3O3S2/c1-14(23)20-18-17(27(24,25)16-11-7-4-8-12-16)19(26-2)21-22(18)13-15-9-5-3-6-10-15/h3-12H,13H2,1-2H3,(H,20,23). The zero-order chi connectivity index (χ0) is 19.4. The van der Waals surface area contributed by atoms with E-state index < -0.39 is 9.84 Å². The number of carbonyl (C=O) groups excluding carboxylic acids is 1. The average molecular weight is 402 g/mol. The van der Waals surface area contributed by atoms with E-state index in [9.17, 15) is 13.2 Å². The molecule has 1 amide bonds. The summed E-state index contributed by atoms with van der Waals surface area (Å²) in [7, 11) is -3.85. The van der Waals surface area contributed by atoms with Gasteiger partial charge in [0.2, 0.25) is 15.7 Å². The van der Waals surface area contributed by atoms with Crippen LogP contribution in [0.15, 0.2) is 75.5 Å². The average Bonchev–Trinajstić information content (AvgIpc) is 3.00. The molecule has 0 atom stereocenters. The summed E-state index contributed by atoms with van der Waals surface area (Å²) in [6.07, 6.45) is 1.76. The van der Waals surface area contributed by atoms with Crippen LogP contribution in [0.4, 0.5) is 5.82 Å². The maximum absolute atomic E-state index is 13.3. The molecular formula is C19H19N3O3S2. The minimum Gasteiger partial charge on any atom is -0.310 e. The Hall–Kier alpha value is -2.58. The fourth-order valence-corrected chi connectivity index (χ4v) is 5.15. The first-order valence-corrected chi connectivity index (χ1v) is 10.9. The molecule has 8 heteroatoms. The van der Waals surface area contributed by atoms with Crippen molar-refractivity contribution in [3.8, 4) is 0 Å². The van der Waals surface area contributed by atoms with E-state index in [0.29, 0.717) is 11.6 Å². The molecule has 3 rings (SSSR count). The van der Waals surface area contributed by atoms with Crippen molar-refractivity contribution in [3.05, 3.63) is 66.2 Å². The van der Waals surface area contributed by atoms with Gasteiger partial charge in [-0.25, -0.2) is 13.1 Å². The van der Waals surface area contributed by atoms with Crippen molar-refractivity contribution in [2.45, 2.75) is 28.3 Å². The summed E-state index contributed by atoms with van der Waals surface area (Å²) in [5.41, 5.74) is 0.947. The quantitative estimate of drug-likeness (QED) is 0.640. The van der Waals surface area contributed by atoms with E-state index in [1.54, 1.807) is 24.5 Å². The predicted molar refractivity (Wildman–Crippen MR) is 106 cm³/mol. The highest BCUT2D eigenvalue weighted by molar-refractivity contribution is 7.99. The first-order chi connectivity index (χ1) is 12.9. The Morgan fingerprint density at radius 1 is 1.07 bits per heavy atom. The molecule has 0 saturated carbocycles. The molecule has 0 aliphatic carbocycles. The predicted octanol–water partition coefficient (Wildman–Crippen LogP) is 3.44. The highest BCUT2D eigenvalue weighted by Crippen LogP contribution is 2.35. The van der Waals surface area contributed by atoms with Crippen LogP contribution in [0.1, 0.15) is 12.5 Å². The minimum absolute atomic E-state index is 0.0207. The van der Waals surface area contributed by atoms with Gasteiger partial charge in [0.1, 0.15) is 9.92 Å². The maximum Gasteiger partial charge on any atom is 0.222 e. The first-order valence-electron chi connectivity index (χ1n) is 8.20. The van der Waals surface area contributed by atoms with E-state index >= 15 is 0 Å². The van der Waals surface area contributed by atoms with E-state index in [1.165, 1.54) is 35.5 Å². The molecule has 0 saturated heterocycles. The van der Waals surface area contributed by atoms with Crippen LogP contribution in [0, 0.1) is 0 Å². The second-order valence-electron chi connectivity index (χ2n) is 5.83. The topological polar surface area (TPSA) is 81.1 Å². The summed E-state index contributed by atoms with van der Waals surface area (Å²) in [5, 5.41) is 7.46. The monoisotopic (exact) mass is 401 g/mol. The van der Waals surface area contributed by atoms with Gasteiger partial charge in [0.25, 0.3) is 0 Å². The van der Waals surface area contributed by atoms with Gasteiger partial charge in [-0.05, 0) is 24.0 Å². The number of rotatable bonds is 6. The molecule has 27 heavy (non-hydrogen) atoms. The number of hydrogen-bond acceptors (Lipinski definition) is 5. The molecule has 1 aromatic heterocycles. The summed E-state index contributed by atoms with van der Waals surface area (Å²) in [6, 6.07) is 17.7. The Kier molecular flexibility index (Phi) is 5.67. The van der Waals surface area contributed by atoms with E-state index in [-0.39, 0.29) is 21.5 Å². The van der Waals surface area contributed by atoms with Gasteiger partial charge in [-0.2, -0.15) is 5.10 Å². The largest absolute Gasteiger partial charge is 0.310 e. The Balaban J connectivity index is 2.19. The van der Waals surface area contributed by atoms with E-state index in [1.807, 2.05) is 30.3 Å². The molecule has 2 aromatic carbocycles. The molecule has 3 aromatic rings. The molecule has 0 fully saturated rings. The van der Waals surface area contributed by atoms with Crippen LogP contribution in [0.5, 0.6) is 0 Å². The lowest BCUT2D eigenvalue weighted by atomic mass is 10.2. The number of hydrogen-bond donors (Lipinski definition) is 1. The van der Waals surface area contributed by atoms with E-state index in [0.717, 1.165) is 5.56 Å². The van der Waals surface area contributed by atoms with Gasteiger partial charge in [0.05, 0.1) is 11.4 Å². The number of thioether (sulfide) groups is 1. The normalized spacial score (nSPS) is 11.3. The second-order valence-corrected chi connectivity index (χ2v) is 8.51. The summed E-state index contributed by atoms with van der Waals surface area (Å²) >= 11 is 1.23. The summed E-state index contributed by atoms with van der Waals surface area (Å²) in [5.74, 6) is -0.180. The Labute approximate surface area is 162 Å². The lowest BCUT2D eigenvalue weighted by molar-refractivity contribution is -0.114. The number of nitrogens with zero attached hydrogens (tertiary/aromatic N) is 2. The van der Waals surface area contributed by atoms with Gasteiger partial charge in [0.15, 0.2) is 5.82 Å². The van der Waals surface area contributed by atoms with Crippen LogP contribution in [0.2, 0.25) is 0 Å². The SMILES string of the molecule is CSc1nn(Cc2ccccc2)c(NC(C)=O)c1S(=O)(=O)c1ccccc1. The van der Waals surface area contributed by atoms with Crippen molar-refractivity contribution >= 4 is 33.3 Å². The zero-order valence-electron chi connectivity index (χ0n) is 14.9. The third kappa shape index (κ3) is 4.06. The van der Waals surface area contributed by atoms with Gasteiger partial charge < -0.3 is 5.32 Å². The summed E-state index contributed by atoms with van der Waals surface area (Å²) < 4.78 is 28.1. The van der Waals surface area contributed by atoms with Gasteiger partial charge in [-0.1, -0.05) is 48.5 Å². The Bertz CT molecular complexity index is 1050. The number of nitrogens with one attached hydrogen (secondary N) is 1. The van der Waals surface area contributed by atoms with Crippen LogP contribution >= 0.6 is 11.8 Å². The highest BCUT2D eigenvalue weighted by Gasteiger charge is 2.30. The van der Waals surface area contributed by atoms with Gasteiger partial charge in [-0.3, -0.25) is 4.79 Å². The number of benzene rings is 2. The first kappa shape index (κ1) is 19.2. The van der Waals surface area contributed by atoms with Crippen LogP contribution in [-0.2, 0) is 21.2 Å². The number of carbonyl (C=O) groups is 1. The molecule has 0 radical (unpaired) electrons. The van der Waals surface area contributed by atoms with Gasteiger partial charge >= 0.3 is 0 Å². The van der Waals surface area contributed by atoms with Crippen molar-refractivity contribution < 1.29 is 13.2 Å². The van der Waals surface area contributed by atoms with Gasteiger partial charge in [-0.15, -0.1) is 11.8 Å². The van der Waals surface area contributed by atoms with E-state index in [4.69, 9.17) is 0 Å². The Morgan fingerprint density at radius 2 is 1.67 bits per heavy atom. The molecule has 6 nitrogen and oxygen atoms in total. The smallest absolute Gasteiger partial charge is 0.222 e. The van der Waals surface area contributed by atoms with Crippen molar-refractivity contribution in [1.29, 1.82) is 0 Å². The zero-order valence-corrected chi connectivity index (χ0v) is 16.5. The highest BCUT2D eigenvalue weighted by atomic mass is 32.2. The molecule has 0 spiro atoms. The molecular weight excluding hydrogens is 382 g/mol. The van der Waals surface area contributed by atoms with Crippen molar-refractivity contribution in [2.24, 2.45) is 0 Å². The molecule has 0 bridgehead atoms. The minimum atomic E-state index is -3.85. The van der Waals surface area contributed by atoms with Crippen LogP contribution in [0.25, 0.3) is 0 Å². The van der Waals surface area contributed by atoms with Crippen molar-refractivity contribution in [2.75, 3.05) is 11.6 Å². The Morgan fingerprint density at radius 3 is 2.22 bits per heavy atom.